The molecular formula is C22H19FN6O2. The van der Waals surface area contributed by atoms with Crippen molar-refractivity contribution >= 4 is 22.7 Å². The molecule has 2 aromatic carbocycles. The molecule has 2 aromatic heterocycles. The fourth-order valence-corrected chi connectivity index (χ4v) is 4.15. The standard InChI is InChI=1S/C22H19FN6O2/c23-14-9-15-18-17(10-14)24-11-16(13-5-2-1-3-6-13)19(20(18)27-28-22(15)31)21-25-12-26-29(21)7-4-8-30/h1-3,5-6,9-12,16,19,30H,4,7-8H2,(H,28,31). The fourth-order valence-electron chi connectivity index (χ4n) is 4.15. The number of hydrogen-bond donors (Lipinski definition) is 2. The minimum absolute atomic E-state index is 0.0246. The lowest BCUT2D eigenvalue weighted by molar-refractivity contribution is 0.275. The van der Waals surface area contributed by atoms with Crippen molar-refractivity contribution in [2.45, 2.75) is 24.8 Å². The second-order valence-electron chi connectivity index (χ2n) is 7.40. The Kier molecular flexibility index (Phi) is 4.87. The summed E-state index contributed by atoms with van der Waals surface area (Å²) in [5.74, 6) is -0.622. The van der Waals surface area contributed by atoms with E-state index in [9.17, 15) is 14.3 Å². The highest BCUT2D eigenvalue weighted by Gasteiger charge is 2.35. The topological polar surface area (TPSA) is 109 Å². The number of rotatable bonds is 5. The molecule has 3 heterocycles. The van der Waals surface area contributed by atoms with Crippen LogP contribution in [0.25, 0.3) is 10.8 Å². The number of benzene rings is 2. The van der Waals surface area contributed by atoms with E-state index in [1.54, 1.807) is 10.9 Å². The average molecular weight is 418 g/mol. The van der Waals surface area contributed by atoms with Crippen LogP contribution >= 0.6 is 0 Å². The molecule has 0 amide bonds. The summed E-state index contributed by atoms with van der Waals surface area (Å²) in [5, 5.41) is 21.2. The second kappa shape index (κ2) is 7.84. The lowest BCUT2D eigenvalue weighted by Gasteiger charge is -2.23. The van der Waals surface area contributed by atoms with Crippen molar-refractivity contribution in [2.75, 3.05) is 6.61 Å². The molecular weight excluding hydrogens is 399 g/mol. The van der Waals surface area contributed by atoms with Gasteiger partial charge < -0.3 is 5.11 Å². The number of nitrogens with one attached hydrogen (secondary N) is 1. The van der Waals surface area contributed by atoms with Crippen LogP contribution in [0.15, 0.2) is 58.6 Å². The Hall–Kier alpha value is -3.72. The van der Waals surface area contributed by atoms with E-state index in [0.717, 1.165) is 5.56 Å². The van der Waals surface area contributed by atoms with Crippen LogP contribution in [0.4, 0.5) is 10.1 Å². The molecule has 4 aromatic rings. The third kappa shape index (κ3) is 3.32. The SMILES string of the molecule is O=c1[nH]nc2c3c(cc(F)cc13)N=CC(c1ccccc1)C2c1ncnn1CCCO. The normalized spacial score (nSPS) is 17.7. The van der Waals surface area contributed by atoms with Gasteiger partial charge in [0.2, 0.25) is 0 Å². The van der Waals surface area contributed by atoms with Crippen LogP contribution in [0.5, 0.6) is 0 Å². The van der Waals surface area contributed by atoms with Crippen LogP contribution < -0.4 is 5.56 Å². The summed E-state index contributed by atoms with van der Waals surface area (Å²) in [7, 11) is 0. The summed E-state index contributed by atoms with van der Waals surface area (Å²) in [5.41, 5.74) is 1.40. The number of aromatic amines is 1. The molecule has 9 heteroatoms. The van der Waals surface area contributed by atoms with Gasteiger partial charge in [0, 0.05) is 36.7 Å². The molecule has 0 bridgehead atoms. The van der Waals surface area contributed by atoms with Crippen LogP contribution in [-0.2, 0) is 6.54 Å². The molecule has 2 unspecified atom stereocenters. The number of aliphatic imine (C=N–C) groups is 1. The molecule has 0 spiro atoms. The molecule has 0 saturated carbocycles. The minimum atomic E-state index is -0.539. The van der Waals surface area contributed by atoms with Crippen molar-refractivity contribution in [3.63, 3.8) is 0 Å². The molecule has 0 fully saturated rings. The number of aliphatic hydroxyl groups is 1. The van der Waals surface area contributed by atoms with Crippen LogP contribution in [0.3, 0.4) is 0 Å². The van der Waals surface area contributed by atoms with Gasteiger partial charge in [0.25, 0.3) is 5.56 Å². The van der Waals surface area contributed by atoms with E-state index in [2.05, 4.69) is 25.3 Å². The maximum absolute atomic E-state index is 14.2. The van der Waals surface area contributed by atoms with Gasteiger partial charge >= 0.3 is 0 Å². The Morgan fingerprint density at radius 1 is 1.19 bits per heavy atom. The predicted molar refractivity (Wildman–Crippen MR) is 113 cm³/mol. The largest absolute Gasteiger partial charge is 0.396 e. The molecule has 0 aliphatic carbocycles. The first-order valence-corrected chi connectivity index (χ1v) is 9.97. The summed E-state index contributed by atoms with van der Waals surface area (Å²) in [6, 6.07) is 12.3. The fraction of sp³-hybridized carbons (Fsp3) is 0.227. The zero-order valence-corrected chi connectivity index (χ0v) is 16.4. The lowest BCUT2D eigenvalue weighted by atomic mass is 9.83. The van der Waals surface area contributed by atoms with Crippen molar-refractivity contribution < 1.29 is 9.50 Å². The first-order chi connectivity index (χ1) is 15.2. The van der Waals surface area contributed by atoms with Crippen LogP contribution in [0, 0.1) is 5.82 Å². The lowest BCUT2D eigenvalue weighted by Crippen LogP contribution is -2.22. The first-order valence-electron chi connectivity index (χ1n) is 9.97. The summed E-state index contributed by atoms with van der Waals surface area (Å²) >= 11 is 0. The van der Waals surface area contributed by atoms with Crippen molar-refractivity contribution in [3.8, 4) is 0 Å². The van der Waals surface area contributed by atoms with Gasteiger partial charge in [-0.25, -0.2) is 19.2 Å². The average Bonchev–Trinajstić information content (AvgIpc) is 3.18. The van der Waals surface area contributed by atoms with Gasteiger partial charge in [0.15, 0.2) is 0 Å². The van der Waals surface area contributed by atoms with Gasteiger partial charge in [-0.3, -0.25) is 9.79 Å². The highest BCUT2D eigenvalue weighted by molar-refractivity contribution is 5.97. The Morgan fingerprint density at radius 2 is 2.03 bits per heavy atom. The molecule has 1 aliphatic rings. The van der Waals surface area contributed by atoms with E-state index in [-0.39, 0.29) is 17.9 Å². The van der Waals surface area contributed by atoms with E-state index in [4.69, 9.17) is 0 Å². The van der Waals surface area contributed by atoms with Gasteiger partial charge in [0.05, 0.1) is 22.7 Å². The Balaban J connectivity index is 1.81. The molecule has 8 nitrogen and oxygen atoms in total. The number of aromatic nitrogens is 5. The second-order valence-corrected chi connectivity index (χ2v) is 7.40. The summed E-state index contributed by atoms with van der Waals surface area (Å²) < 4.78 is 16.0. The number of aryl methyl sites for hydroxylation is 1. The van der Waals surface area contributed by atoms with Crippen molar-refractivity contribution in [1.29, 1.82) is 0 Å². The first kappa shape index (κ1) is 19.3. The maximum Gasteiger partial charge on any atom is 0.272 e. The van der Waals surface area contributed by atoms with E-state index in [0.29, 0.717) is 35.6 Å². The Bertz CT molecular complexity index is 1330. The summed E-state index contributed by atoms with van der Waals surface area (Å²) in [6.45, 7) is 0.501. The van der Waals surface area contributed by atoms with E-state index >= 15 is 0 Å². The highest BCUT2D eigenvalue weighted by Crippen LogP contribution is 2.43. The number of hydrogen-bond acceptors (Lipinski definition) is 6. The quantitative estimate of drug-likeness (QED) is 0.518. The molecule has 2 atom stereocenters. The molecule has 0 saturated heterocycles. The molecule has 31 heavy (non-hydrogen) atoms. The van der Waals surface area contributed by atoms with Crippen molar-refractivity contribution in [3.05, 3.63) is 82.0 Å². The third-order valence-corrected chi connectivity index (χ3v) is 5.53. The third-order valence-electron chi connectivity index (χ3n) is 5.53. The van der Waals surface area contributed by atoms with Gasteiger partial charge in [0.1, 0.15) is 18.0 Å². The van der Waals surface area contributed by atoms with E-state index in [1.165, 1.54) is 18.5 Å². The van der Waals surface area contributed by atoms with Crippen LogP contribution in [0.1, 0.15) is 35.3 Å². The zero-order valence-electron chi connectivity index (χ0n) is 16.4. The van der Waals surface area contributed by atoms with Gasteiger partial charge in [-0.15, -0.1) is 0 Å². The summed E-state index contributed by atoms with van der Waals surface area (Å²) in [6.07, 6.45) is 3.74. The number of halogens is 1. The number of nitrogens with zero attached hydrogens (tertiary/aromatic N) is 5. The van der Waals surface area contributed by atoms with Crippen molar-refractivity contribution in [2.24, 2.45) is 4.99 Å². The molecule has 2 N–H and O–H groups in total. The zero-order chi connectivity index (χ0) is 21.4. The van der Waals surface area contributed by atoms with Gasteiger partial charge in [-0.2, -0.15) is 10.2 Å². The Morgan fingerprint density at radius 3 is 2.84 bits per heavy atom. The Labute approximate surface area is 176 Å². The molecule has 5 rings (SSSR count). The number of H-pyrrole nitrogens is 1. The predicted octanol–water partition coefficient (Wildman–Crippen LogP) is 2.67. The van der Waals surface area contributed by atoms with Gasteiger partial charge in [-0.05, 0) is 18.1 Å². The van der Waals surface area contributed by atoms with Gasteiger partial charge in [-0.1, -0.05) is 30.3 Å². The maximum atomic E-state index is 14.2. The van der Waals surface area contributed by atoms with Crippen LogP contribution in [-0.4, -0.2) is 42.9 Å². The van der Waals surface area contributed by atoms with E-state index in [1.807, 2.05) is 30.3 Å². The smallest absolute Gasteiger partial charge is 0.272 e. The van der Waals surface area contributed by atoms with E-state index < -0.39 is 17.3 Å². The summed E-state index contributed by atoms with van der Waals surface area (Å²) in [4.78, 5) is 21.5. The molecule has 0 radical (unpaired) electrons. The molecule has 1 aliphatic heterocycles. The van der Waals surface area contributed by atoms with Crippen LogP contribution in [0.2, 0.25) is 0 Å². The number of aliphatic hydroxyl groups excluding tert-OH is 1. The molecule has 156 valence electrons. The monoisotopic (exact) mass is 418 g/mol. The minimum Gasteiger partial charge on any atom is -0.396 e. The van der Waals surface area contributed by atoms with Crippen molar-refractivity contribution in [1.82, 2.24) is 25.0 Å². The highest BCUT2D eigenvalue weighted by atomic mass is 19.1.